The van der Waals surface area contributed by atoms with Crippen molar-refractivity contribution in [3.05, 3.63) is 0 Å². The first-order chi connectivity index (χ1) is 7.56. The molecule has 0 aromatic carbocycles. The number of amides is 2. The normalized spacial score (nSPS) is 22.4. The maximum Gasteiger partial charge on any atom is 0.317 e. The number of hydrogen-bond donors (Lipinski definition) is 2. The highest BCUT2D eigenvalue weighted by Gasteiger charge is 2.43. The van der Waals surface area contributed by atoms with Crippen LogP contribution < -0.4 is 5.32 Å². The van der Waals surface area contributed by atoms with Gasteiger partial charge >= 0.3 is 12.0 Å². The molecule has 16 heavy (non-hydrogen) atoms. The van der Waals surface area contributed by atoms with Crippen LogP contribution in [0.3, 0.4) is 0 Å². The summed E-state index contributed by atoms with van der Waals surface area (Å²) in [5.41, 5.74) is 0. The van der Waals surface area contributed by atoms with Gasteiger partial charge in [-0.3, -0.25) is 4.79 Å². The lowest BCUT2D eigenvalue weighted by atomic mass is 10.0. The smallest absolute Gasteiger partial charge is 0.317 e. The Bertz CT molecular complexity index is 311. The van der Waals surface area contributed by atoms with Crippen LogP contribution >= 0.6 is 11.8 Å². The van der Waals surface area contributed by atoms with Crippen molar-refractivity contribution in [2.24, 2.45) is 5.92 Å². The molecule has 2 rings (SSSR count). The third-order valence-electron chi connectivity index (χ3n) is 3.32. The van der Waals surface area contributed by atoms with Crippen LogP contribution in [-0.4, -0.2) is 52.6 Å². The van der Waals surface area contributed by atoms with E-state index in [2.05, 4.69) is 11.6 Å². The Morgan fingerprint density at radius 2 is 2.12 bits per heavy atom. The first-order valence-electron chi connectivity index (χ1n) is 5.37. The Balaban J connectivity index is 1.68. The molecular weight excluding hydrogens is 228 g/mol. The van der Waals surface area contributed by atoms with E-state index >= 15 is 0 Å². The summed E-state index contributed by atoms with van der Waals surface area (Å²) in [5, 5.41) is 11.5. The highest BCUT2D eigenvalue weighted by Crippen LogP contribution is 2.46. The molecule has 1 saturated carbocycles. The maximum absolute atomic E-state index is 11.6. The second-order valence-electron chi connectivity index (χ2n) is 4.49. The molecule has 1 saturated heterocycles. The van der Waals surface area contributed by atoms with Crippen LogP contribution in [0.4, 0.5) is 4.79 Å². The lowest BCUT2D eigenvalue weighted by Crippen LogP contribution is -2.56. The second kappa shape index (κ2) is 4.16. The highest BCUT2D eigenvalue weighted by molar-refractivity contribution is 8.00. The van der Waals surface area contributed by atoms with Gasteiger partial charge in [-0.2, -0.15) is 11.8 Å². The topological polar surface area (TPSA) is 69.6 Å². The largest absolute Gasteiger partial charge is 0.481 e. The zero-order chi connectivity index (χ0) is 11.8. The Hall–Kier alpha value is -0.910. The number of carbonyl (C=O) groups is 2. The van der Waals surface area contributed by atoms with Crippen LogP contribution in [0.5, 0.6) is 0 Å². The van der Waals surface area contributed by atoms with Crippen molar-refractivity contribution >= 4 is 23.8 Å². The fourth-order valence-corrected chi connectivity index (χ4v) is 2.47. The number of nitrogens with zero attached hydrogens (tertiary/aromatic N) is 1. The summed E-state index contributed by atoms with van der Waals surface area (Å²) in [5.74, 6) is -1.19. The van der Waals surface area contributed by atoms with E-state index in [1.54, 1.807) is 16.7 Å². The zero-order valence-electron chi connectivity index (χ0n) is 9.23. The highest BCUT2D eigenvalue weighted by atomic mass is 32.2. The van der Waals surface area contributed by atoms with E-state index in [1.807, 2.05) is 0 Å². The van der Waals surface area contributed by atoms with E-state index in [9.17, 15) is 9.59 Å². The van der Waals surface area contributed by atoms with Crippen LogP contribution in [0, 0.1) is 5.92 Å². The van der Waals surface area contributed by atoms with Crippen molar-refractivity contribution in [3.63, 3.8) is 0 Å². The molecule has 1 aliphatic carbocycles. The van der Waals surface area contributed by atoms with E-state index < -0.39 is 5.97 Å². The monoisotopic (exact) mass is 244 g/mol. The first-order valence-corrected chi connectivity index (χ1v) is 6.59. The molecule has 0 aromatic heterocycles. The Labute approximate surface area is 98.6 Å². The van der Waals surface area contributed by atoms with Gasteiger partial charge in [-0.15, -0.1) is 0 Å². The van der Waals surface area contributed by atoms with Crippen LogP contribution in [0.1, 0.15) is 12.8 Å². The molecule has 5 nitrogen and oxygen atoms in total. The molecule has 2 aliphatic rings. The van der Waals surface area contributed by atoms with Gasteiger partial charge in [0.2, 0.25) is 0 Å². The predicted molar refractivity (Wildman–Crippen MR) is 61.6 cm³/mol. The van der Waals surface area contributed by atoms with Crippen molar-refractivity contribution in [1.29, 1.82) is 0 Å². The number of thioether (sulfide) groups is 1. The van der Waals surface area contributed by atoms with Crippen LogP contribution in [-0.2, 0) is 4.79 Å². The average Bonchev–Trinajstić information content (AvgIpc) is 2.92. The minimum absolute atomic E-state index is 0.127. The van der Waals surface area contributed by atoms with Gasteiger partial charge < -0.3 is 15.3 Å². The SMILES string of the molecule is CSC1(CNC(=O)N2CC(C(=O)O)C2)CC1. The summed E-state index contributed by atoms with van der Waals surface area (Å²) < 4.78 is 0.257. The number of aliphatic carboxylic acids is 1. The van der Waals surface area contributed by atoms with E-state index in [1.165, 1.54) is 0 Å². The minimum Gasteiger partial charge on any atom is -0.481 e. The van der Waals surface area contributed by atoms with Gasteiger partial charge in [0.1, 0.15) is 0 Å². The van der Waals surface area contributed by atoms with Gasteiger partial charge in [0.05, 0.1) is 5.92 Å². The molecule has 1 heterocycles. The third kappa shape index (κ3) is 2.26. The molecule has 0 radical (unpaired) electrons. The number of carbonyl (C=O) groups excluding carboxylic acids is 1. The fourth-order valence-electron chi connectivity index (χ4n) is 1.74. The molecule has 0 spiro atoms. The summed E-state index contributed by atoms with van der Waals surface area (Å²) in [6, 6.07) is -0.127. The summed E-state index contributed by atoms with van der Waals surface area (Å²) in [6.45, 7) is 1.38. The van der Waals surface area contributed by atoms with Crippen molar-refractivity contribution < 1.29 is 14.7 Å². The molecule has 1 aliphatic heterocycles. The number of carboxylic acid groups (broad SMARTS) is 1. The lowest BCUT2D eigenvalue weighted by Gasteiger charge is -2.36. The quantitative estimate of drug-likeness (QED) is 0.760. The zero-order valence-corrected chi connectivity index (χ0v) is 10.0. The molecular formula is C10H16N2O3S. The number of hydrogen-bond acceptors (Lipinski definition) is 3. The van der Waals surface area contributed by atoms with E-state index in [0.29, 0.717) is 19.6 Å². The molecule has 2 amide bonds. The third-order valence-corrected chi connectivity index (χ3v) is 4.74. The standard InChI is InChI=1S/C10H16N2O3S/c1-16-10(2-3-10)6-11-9(15)12-4-7(5-12)8(13)14/h7H,2-6H2,1H3,(H,11,15)(H,13,14). The lowest BCUT2D eigenvalue weighted by molar-refractivity contribution is -0.146. The maximum atomic E-state index is 11.6. The van der Waals surface area contributed by atoms with Crippen molar-refractivity contribution in [2.75, 3.05) is 25.9 Å². The van der Waals surface area contributed by atoms with Gasteiger partial charge in [0.15, 0.2) is 0 Å². The minimum atomic E-state index is -0.813. The van der Waals surface area contributed by atoms with Gasteiger partial charge in [0, 0.05) is 24.4 Å². The van der Waals surface area contributed by atoms with Gasteiger partial charge in [-0.25, -0.2) is 4.79 Å². The summed E-state index contributed by atoms with van der Waals surface area (Å²) in [6.07, 6.45) is 4.38. The number of rotatable bonds is 4. The van der Waals surface area contributed by atoms with Crippen molar-refractivity contribution in [2.45, 2.75) is 17.6 Å². The number of urea groups is 1. The predicted octanol–water partition coefficient (Wildman–Crippen LogP) is 0.608. The molecule has 0 atom stereocenters. The van der Waals surface area contributed by atoms with E-state index in [4.69, 9.17) is 5.11 Å². The molecule has 0 aromatic rings. The fraction of sp³-hybridized carbons (Fsp3) is 0.800. The van der Waals surface area contributed by atoms with E-state index in [-0.39, 0.29) is 16.7 Å². The van der Waals surface area contributed by atoms with Gasteiger partial charge in [0.25, 0.3) is 0 Å². The van der Waals surface area contributed by atoms with Crippen LogP contribution in [0.25, 0.3) is 0 Å². The number of likely N-dealkylation sites (tertiary alicyclic amines) is 1. The summed E-state index contributed by atoms with van der Waals surface area (Å²) in [7, 11) is 0. The molecule has 90 valence electrons. The second-order valence-corrected chi connectivity index (χ2v) is 5.76. The molecule has 6 heteroatoms. The molecule has 2 fully saturated rings. The van der Waals surface area contributed by atoms with Crippen LogP contribution in [0.2, 0.25) is 0 Å². The Morgan fingerprint density at radius 3 is 2.56 bits per heavy atom. The van der Waals surface area contributed by atoms with Gasteiger partial charge in [-0.05, 0) is 19.1 Å². The molecule has 0 unspecified atom stereocenters. The summed E-state index contributed by atoms with van der Waals surface area (Å²) in [4.78, 5) is 23.7. The molecule has 2 N–H and O–H groups in total. The van der Waals surface area contributed by atoms with Gasteiger partial charge in [-0.1, -0.05) is 0 Å². The Morgan fingerprint density at radius 1 is 1.50 bits per heavy atom. The average molecular weight is 244 g/mol. The summed E-state index contributed by atoms with van der Waals surface area (Å²) >= 11 is 1.80. The van der Waals surface area contributed by atoms with Crippen LogP contribution in [0.15, 0.2) is 0 Å². The number of carboxylic acids is 1. The number of nitrogens with one attached hydrogen (secondary N) is 1. The van der Waals surface area contributed by atoms with Crippen molar-refractivity contribution in [1.82, 2.24) is 10.2 Å². The van der Waals surface area contributed by atoms with E-state index in [0.717, 1.165) is 12.8 Å². The van der Waals surface area contributed by atoms with Crippen molar-refractivity contribution in [3.8, 4) is 0 Å². The first kappa shape index (κ1) is 11.6. The molecule has 0 bridgehead atoms. The Kier molecular flexibility index (Phi) is 3.01.